The highest BCUT2D eigenvalue weighted by Gasteiger charge is 2.44. The molecule has 0 bridgehead atoms. The van der Waals surface area contributed by atoms with Gasteiger partial charge in [-0.3, -0.25) is 4.79 Å². The second-order valence-electron chi connectivity index (χ2n) is 5.99. The quantitative estimate of drug-likeness (QED) is 0.902. The van der Waals surface area contributed by atoms with E-state index in [1.54, 1.807) is 0 Å². The first-order valence-corrected chi connectivity index (χ1v) is 7.26. The largest absolute Gasteiger partial charge is 0.348 e. The van der Waals surface area contributed by atoms with Gasteiger partial charge in [0.25, 0.3) is 5.91 Å². The van der Waals surface area contributed by atoms with Crippen LogP contribution in [-0.4, -0.2) is 30.4 Å². The minimum atomic E-state index is -0.378. The third-order valence-electron chi connectivity index (χ3n) is 4.38. The molecule has 4 heteroatoms. The number of benzene rings is 1. The normalized spacial score (nSPS) is 23.6. The van der Waals surface area contributed by atoms with Crippen molar-refractivity contribution in [3.63, 3.8) is 0 Å². The number of carbonyl (C=O) groups excluding carboxylic acids is 1. The molecule has 0 radical (unpaired) electrons. The van der Waals surface area contributed by atoms with E-state index in [0.29, 0.717) is 18.8 Å². The molecule has 1 aliphatic carbocycles. The Bertz CT molecular complexity index is 470. The summed E-state index contributed by atoms with van der Waals surface area (Å²) in [7, 11) is 0. The first-order chi connectivity index (χ1) is 9.61. The van der Waals surface area contributed by atoms with Crippen LogP contribution in [0.1, 0.15) is 43.0 Å². The van der Waals surface area contributed by atoms with E-state index in [2.05, 4.69) is 12.2 Å². The molecule has 0 aromatic heterocycles. The van der Waals surface area contributed by atoms with E-state index >= 15 is 0 Å². The van der Waals surface area contributed by atoms with Crippen LogP contribution in [0.4, 0.5) is 0 Å². The van der Waals surface area contributed by atoms with Crippen LogP contribution in [0.25, 0.3) is 0 Å². The monoisotopic (exact) mass is 275 g/mol. The third kappa shape index (κ3) is 2.72. The number of hydrogen-bond donors (Lipinski definition) is 1. The minimum absolute atomic E-state index is 0.00249. The van der Waals surface area contributed by atoms with Crippen LogP contribution in [0, 0.1) is 0 Å². The van der Waals surface area contributed by atoms with E-state index in [1.807, 2.05) is 30.3 Å². The number of ether oxygens (including phenoxy) is 2. The molecule has 1 aromatic carbocycles. The van der Waals surface area contributed by atoms with Gasteiger partial charge >= 0.3 is 0 Å². The summed E-state index contributed by atoms with van der Waals surface area (Å²) in [6.45, 7) is 3.48. The number of hydrogen-bond acceptors (Lipinski definition) is 3. The second-order valence-corrected chi connectivity index (χ2v) is 5.99. The molecule has 108 valence electrons. The lowest BCUT2D eigenvalue weighted by Gasteiger charge is -2.42. The van der Waals surface area contributed by atoms with Gasteiger partial charge in [0.1, 0.15) is 0 Å². The Morgan fingerprint density at radius 3 is 2.25 bits per heavy atom. The smallest absolute Gasteiger partial charge is 0.251 e. The third-order valence-corrected chi connectivity index (χ3v) is 4.38. The maximum Gasteiger partial charge on any atom is 0.251 e. The molecule has 0 atom stereocenters. The van der Waals surface area contributed by atoms with Crippen LogP contribution in [0.3, 0.4) is 0 Å². The van der Waals surface area contributed by atoms with Gasteiger partial charge in [0.15, 0.2) is 5.79 Å². The summed E-state index contributed by atoms with van der Waals surface area (Å²) in [5.41, 5.74) is 0.537. The van der Waals surface area contributed by atoms with Gasteiger partial charge in [0, 0.05) is 23.9 Å². The van der Waals surface area contributed by atoms with Crippen molar-refractivity contribution < 1.29 is 14.3 Å². The van der Waals surface area contributed by atoms with Crippen LogP contribution in [0.15, 0.2) is 30.3 Å². The fourth-order valence-corrected chi connectivity index (χ4v) is 3.03. The Hall–Kier alpha value is -1.39. The first kappa shape index (κ1) is 13.6. The molecule has 0 unspecified atom stereocenters. The summed E-state index contributed by atoms with van der Waals surface area (Å²) in [6.07, 6.45) is 3.45. The Kier molecular flexibility index (Phi) is 3.52. The summed E-state index contributed by atoms with van der Waals surface area (Å²) in [6, 6.07) is 9.36. The van der Waals surface area contributed by atoms with Crippen LogP contribution in [0.5, 0.6) is 0 Å². The molecule has 1 aromatic rings. The minimum Gasteiger partial charge on any atom is -0.348 e. The van der Waals surface area contributed by atoms with Crippen LogP contribution in [0.2, 0.25) is 0 Å². The molecule has 1 saturated heterocycles. The number of rotatable bonds is 2. The molecule has 1 saturated carbocycles. The molecule has 1 spiro atoms. The molecule has 2 fully saturated rings. The average molecular weight is 275 g/mol. The predicted molar refractivity (Wildman–Crippen MR) is 75.4 cm³/mol. The van der Waals surface area contributed by atoms with E-state index in [-0.39, 0.29) is 17.2 Å². The SMILES string of the molecule is CC1(NC(=O)c2ccccc2)CCC2(CC1)OCCO2. The summed E-state index contributed by atoms with van der Waals surface area (Å²) in [5, 5.41) is 3.17. The van der Waals surface area contributed by atoms with Gasteiger partial charge in [-0.1, -0.05) is 18.2 Å². The van der Waals surface area contributed by atoms with Gasteiger partial charge in [-0.2, -0.15) is 0 Å². The van der Waals surface area contributed by atoms with Crippen LogP contribution in [-0.2, 0) is 9.47 Å². The van der Waals surface area contributed by atoms with Crippen molar-refractivity contribution in [3.05, 3.63) is 35.9 Å². The van der Waals surface area contributed by atoms with Crippen molar-refractivity contribution in [3.8, 4) is 0 Å². The summed E-state index contributed by atoms with van der Waals surface area (Å²) in [4.78, 5) is 12.3. The van der Waals surface area contributed by atoms with E-state index in [1.165, 1.54) is 0 Å². The number of amides is 1. The molecule has 1 N–H and O–H groups in total. The van der Waals surface area contributed by atoms with Crippen molar-refractivity contribution in [1.29, 1.82) is 0 Å². The maximum atomic E-state index is 12.3. The van der Waals surface area contributed by atoms with Crippen molar-refractivity contribution in [2.24, 2.45) is 0 Å². The maximum absolute atomic E-state index is 12.3. The number of nitrogens with one attached hydrogen (secondary N) is 1. The Balaban J connectivity index is 1.62. The molecule has 2 aliphatic rings. The van der Waals surface area contributed by atoms with E-state index in [9.17, 15) is 4.79 Å². The van der Waals surface area contributed by atoms with Gasteiger partial charge in [0.2, 0.25) is 0 Å². The summed E-state index contributed by atoms with van der Waals surface area (Å²) >= 11 is 0. The number of carbonyl (C=O) groups is 1. The van der Waals surface area contributed by atoms with Crippen molar-refractivity contribution in [2.45, 2.75) is 43.9 Å². The molecule has 1 amide bonds. The molecule has 20 heavy (non-hydrogen) atoms. The molecule has 3 rings (SSSR count). The molecule has 1 heterocycles. The zero-order valence-corrected chi connectivity index (χ0v) is 11.9. The first-order valence-electron chi connectivity index (χ1n) is 7.26. The average Bonchev–Trinajstić information content (AvgIpc) is 2.93. The van der Waals surface area contributed by atoms with E-state index < -0.39 is 0 Å². The Morgan fingerprint density at radius 1 is 1.05 bits per heavy atom. The lowest BCUT2D eigenvalue weighted by atomic mass is 9.80. The van der Waals surface area contributed by atoms with Gasteiger partial charge in [-0.25, -0.2) is 0 Å². The van der Waals surface area contributed by atoms with Crippen molar-refractivity contribution >= 4 is 5.91 Å². The lowest BCUT2D eigenvalue weighted by molar-refractivity contribution is -0.184. The van der Waals surface area contributed by atoms with Crippen molar-refractivity contribution in [2.75, 3.05) is 13.2 Å². The predicted octanol–water partition coefficient (Wildman–Crippen LogP) is 2.49. The van der Waals surface area contributed by atoms with E-state index in [4.69, 9.17) is 9.47 Å². The highest BCUT2D eigenvalue weighted by Crippen LogP contribution is 2.40. The van der Waals surface area contributed by atoms with Gasteiger partial charge < -0.3 is 14.8 Å². The Labute approximate surface area is 119 Å². The van der Waals surface area contributed by atoms with Gasteiger partial charge in [-0.15, -0.1) is 0 Å². The molecular weight excluding hydrogens is 254 g/mol. The standard InChI is InChI=1S/C16H21NO3/c1-15(17-14(18)13-5-3-2-4-6-13)7-9-16(10-8-15)19-11-12-20-16/h2-6H,7-12H2,1H3,(H,17,18). The fourth-order valence-electron chi connectivity index (χ4n) is 3.03. The van der Waals surface area contributed by atoms with Crippen molar-refractivity contribution in [1.82, 2.24) is 5.32 Å². The van der Waals surface area contributed by atoms with Gasteiger partial charge in [-0.05, 0) is 31.9 Å². The second kappa shape index (κ2) is 5.19. The van der Waals surface area contributed by atoms with Crippen LogP contribution >= 0.6 is 0 Å². The fraction of sp³-hybridized carbons (Fsp3) is 0.562. The van der Waals surface area contributed by atoms with E-state index in [0.717, 1.165) is 25.7 Å². The van der Waals surface area contributed by atoms with Gasteiger partial charge in [0.05, 0.1) is 13.2 Å². The highest BCUT2D eigenvalue weighted by atomic mass is 16.7. The zero-order chi connectivity index (χ0) is 14.1. The van der Waals surface area contributed by atoms with Crippen LogP contribution < -0.4 is 5.32 Å². The topological polar surface area (TPSA) is 47.6 Å². The summed E-state index contributed by atoms with van der Waals surface area (Å²) in [5.74, 6) is -0.380. The lowest BCUT2D eigenvalue weighted by Crippen LogP contribution is -2.52. The summed E-state index contributed by atoms with van der Waals surface area (Å²) < 4.78 is 11.5. The highest BCUT2D eigenvalue weighted by molar-refractivity contribution is 5.94. The molecule has 1 aliphatic heterocycles. The molecular formula is C16H21NO3. The molecule has 4 nitrogen and oxygen atoms in total. The Morgan fingerprint density at radius 2 is 1.65 bits per heavy atom. The zero-order valence-electron chi connectivity index (χ0n) is 11.9.